The van der Waals surface area contributed by atoms with E-state index in [0.29, 0.717) is 0 Å². The van der Waals surface area contributed by atoms with Gasteiger partial charge in [-0.3, -0.25) is 9.59 Å². The van der Waals surface area contributed by atoms with Crippen molar-refractivity contribution in [2.24, 2.45) is 0 Å². The second-order valence-corrected chi connectivity index (χ2v) is 4.18. The standard InChI is InChI=1S/C15H19FO4/c1-4-15(13(17)19-5-2,14(18)20-6-3)11-9-7-8-10-12(11)16/h7-10H,4-6H2,1-3H3. The zero-order valence-corrected chi connectivity index (χ0v) is 11.9. The molecule has 1 aromatic carbocycles. The van der Waals surface area contributed by atoms with Gasteiger partial charge >= 0.3 is 11.9 Å². The SMILES string of the molecule is CCOC(=O)C(CC)(C(=O)OCC)c1ccccc1F. The summed E-state index contributed by atoms with van der Waals surface area (Å²) < 4.78 is 24.0. The molecule has 0 aromatic heterocycles. The summed E-state index contributed by atoms with van der Waals surface area (Å²) in [5.41, 5.74) is -1.77. The summed E-state index contributed by atoms with van der Waals surface area (Å²) in [6.07, 6.45) is 0.0611. The van der Waals surface area contributed by atoms with Gasteiger partial charge in [-0.1, -0.05) is 25.1 Å². The molecule has 0 aliphatic rings. The van der Waals surface area contributed by atoms with E-state index in [2.05, 4.69) is 0 Å². The van der Waals surface area contributed by atoms with Crippen LogP contribution in [0.25, 0.3) is 0 Å². The third kappa shape index (κ3) is 2.81. The molecular weight excluding hydrogens is 263 g/mol. The number of rotatable bonds is 6. The van der Waals surface area contributed by atoms with Gasteiger partial charge in [-0.15, -0.1) is 0 Å². The van der Waals surface area contributed by atoms with Crippen molar-refractivity contribution in [3.8, 4) is 0 Å². The Labute approximate surface area is 117 Å². The minimum absolute atomic E-state index is 0.0144. The minimum atomic E-state index is -1.75. The van der Waals surface area contributed by atoms with Gasteiger partial charge < -0.3 is 9.47 Å². The maximum absolute atomic E-state index is 14.1. The lowest BCUT2D eigenvalue weighted by molar-refractivity contribution is -0.165. The van der Waals surface area contributed by atoms with Crippen molar-refractivity contribution in [1.29, 1.82) is 0 Å². The second kappa shape index (κ2) is 7.03. The molecule has 1 rings (SSSR count). The highest BCUT2D eigenvalue weighted by Crippen LogP contribution is 2.33. The summed E-state index contributed by atoms with van der Waals surface area (Å²) in [5, 5.41) is 0. The maximum Gasteiger partial charge on any atom is 0.328 e. The maximum atomic E-state index is 14.1. The Morgan fingerprint density at radius 3 is 1.95 bits per heavy atom. The van der Waals surface area contributed by atoms with Crippen molar-refractivity contribution < 1.29 is 23.5 Å². The average Bonchev–Trinajstić information content (AvgIpc) is 2.43. The van der Waals surface area contributed by atoms with E-state index in [0.717, 1.165) is 0 Å². The van der Waals surface area contributed by atoms with Crippen LogP contribution in [0.1, 0.15) is 32.8 Å². The Morgan fingerprint density at radius 2 is 1.55 bits per heavy atom. The van der Waals surface area contributed by atoms with Gasteiger partial charge in [0, 0.05) is 5.56 Å². The lowest BCUT2D eigenvalue weighted by Crippen LogP contribution is -2.46. The quantitative estimate of drug-likeness (QED) is 0.594. The molecule has 0 radical (unpaired) electrons. The van der Waals surface area contributed by atoms with Gasteiger partial charge in [0.2, 0.25) is 0 Å². The molecule has 0 unspecified atom stereocenters. The molecule has 1 aromatic rings. The molecule has 20 heavy (non-hydrogen) atoms. The summed E-state index contributed by atoms with van der Waals surface area (Å²) in [5.74, 6) is -2.20. The summed E-state index contributed by atoms with van der Waals surface area (Å²) in [4.78, 5) is 24.6. The number of ether oxygens (including phenoxy) is 2. The summed E-state index contributed by atoms with van der Waals surface area (Å²) in [6, 6.07) is 5.68. The first-order chi connectivity index (χ1) is 9.54. The first-order valence-corrected chi connectivity index (χ1v) is 6.64. The van der Waals surface area contributed by atoms with E-state index in [9.17, 15) is 14.0 Å². The van der Waals surface area contributed by atoms with E-state index >= 15 is 0 Å². The summed E-state index contributed by atoms with van der Waals surface area (Å²) in [7, 11) is 0. The molecule has 0 N–H and O–H groups in total. The molecule has 110 valence electrons. The van der Waals surface area contributed by atoms with Gasteiger partial charge in [0.25, 0.3) is 0 Å². The van der Waals surface area contributed by atoms with Crippen LogP contribution in [0.2, 0.25) is 0 Å². The van der Waals surface area contributed by atoms with Crippen molar-refractivity contribution in [2.75, 3.05) is 13.2 Å². The van der Waals surface area contributed by atoms with E-state index in [1.54, 1.807) is 26.8 Å². The predicted octanol–water partition coefficient (Wildman–Crippen LogP) is 2.60. The first-order valence-electron chi connectivity index (χ1n) is 6.64. The third-order valence-electron chi connectivity index (χ3n) is 3.11. The van der Waals surface area contributed by atoms with Crippen LogP contribution in [0, 0.1) is 5.82 Å². The van der Waals surface area contributed by atoms with E-state index < -0.39 is 23.2 Å². The number of esters is 2. The fraction of sp³-hybridized carbons (Fsp3) is 0.467. The highest BCUT2D eigenvalue weighted by Gasteiger charge is 2.50. The van der Waals surface area contributed by atoms with Gasteiger partial charge in [0.05, 0.1) is 13.2 Å². The average molecular weight is 282 g/mol. The Bertz CT molecular complexity index is 467. The second-order valence-electron chi connectivity index (χ2n) is 4.18. The highest BCUT2D eigenvalue weighted by molar-refractivity contribution is 6.06. The summed E-state index contributed by atoms with van der Waals surface area (Å²) in [6.45, 7) is 5.10. The molecule has 0 heterocycles. The van der Waals surface area contributed by atoms with Crippen LogP contribution >= 0.6 is 0 Å². The zero-order chi connectivity index (χ0) is 15.2. The van der Waals surface area contributed by atoms with Gasteiger partial charge in [0.1, 0.15) is 5.82 Å². The molecule has 0 atom stereocenters. The van der Waals surface area contributed by atoms with E-state index in [-0.39, 0.29) is 25.2 Å². The van der Waals surface area contributed by atoms with Crippen molar-refractivity contribution in [3.05, 3.63) is 35.6 Å². The zero-order valence-electron chi connectivity index (χ0n) is 11.9. The lowest BCUT2D eigenvalue weighted by atomic mass is 9.77. The molecule has 0 saturated heterocycles. The molecule has 0 aliphatic carbocycles. The fourth-order valence-corrected chi connectivity index (χ4v) is 2.10. The Morgan fingerprint density at radius 1 is 1.05 bits per heavy atom. The first kappa shape index (κ1) is 16.1. The smallest absolute Gasteiger partial charge is 0.328 e. The lowest BCUT2D eigenvalue weighted by Gasteiger charge is -2.28. The molecule has 5 heteroatoms. The van der Waals surface area contributed by atoms with Gasteiger partial charge in [0.15, 0.2) is 5.41 Å². The van der Waals surface area contributed by atoms with Crippen molar-refractivity contribution in [1.82, 2.24) is 0 Å². The van der Waals surface area contributed by atoms with Crippen LogP contribution in [0.5, 0.6) is 0 Å². The van der Waals surface area contributed by atoms with Crippen LogP contribution in [0.15, 0.2) is 24.3 Å². The number of hydrogen-bond acceptors (Lipinski definition) is 4. The van der Waals surface area contributed by atoms with Crippen LogP contribution in [0.3, 0.4) is 0 Å². The molecule has 0 aliphatic heterocycles. The number of halogens is 1. The topological polar surface area (TPSA) is 52.6 Å². The molecule has 0 bridgehead atoms. The highest BCUT2D eigenvalue weighted by atomic mass is 19.1. The molecule has 0 amide bonds. The molecule has 0 saturated carbocycles. The van der Waals surface area contributed by atoms with Gasteiger partial charge in [-0.25, -0.2) is 4.39 Å². The van der Waals surface area contributed by atoms with E-state index in [1.807, 2.05) is 0 Å². The minimum Gasteiger partial charge on any atom is -0.465 e. The monoisotopic (exact) mass is 282 g/mol. The molecule has 4 nitrogen and oxygen atoms in total. The molecule has 0 fully saturated rings. The van der Waals surface area contributed by atoms with Crippen LogP contribution in [-0.4, -0.2) is 25.2 Å². The number of benzene rings is 1. The third-order valence-corrected chi connectivity index (χ3v) is 3.11. The number of hydrogen-bond donors (Lipinski definition) is 0. The fourth-order valence-electron chi connectivity index (χ4n) is 2.10. The summed E-state index contributed by atoms with van der Waals surface area (Å²) >= 11 is 0. The Balaban J connectivity index is 3.42. The van der Waals surface area contributed by atoms with Crippen LogP contribution < -0.4 is 0 Å². The van der Waals surface area contributed by atoms with Crippen molar-refractivity contribution in [3.63, 3.8) is 0 Å². The Hall–Kier alpha value is -1.91. The van der Waals surface area contributed by atoms with Crippen molar-refractivity contribution in [2.45, 2.75) is 32.6 Å². The van der Waals surface area contributed by atoms with E-state index in [4.69, 9.17) is 9.47 Å². The number of carbonyl (C=O) groups excluding carboxylic acids is 2. The largest absolute Gasteiger partial charge is 0.465 e. The molecular formula is C15H19FO4. The van der Waals surface area contributed by atoms with Gasteiger partial charge in [-0.2, -0.15) is 0 Å². The van der Waals surface area contributed by atoms with E-state index in [1.165, 1.54) is 18.2 Å². The molecule has 0 spiro atoms. The van der Waals surface area contributed by atoms with Gasteiger partial charge in [-0.05, 0) is 26.3 Å². The normalized spacial score (nSPS) is 11.0. The predicted molar refractivity (Wildman–Crippen MR) is 71.6 cm³/mol. The van der Waals surface area contributed by atoms with Crippen molar-refractivity contribution >= 4 is 11.9 Å². The van der Waals surface area contributed by atoms with Crippen LogP contribution in [-0.2, 0) is 24.5 Å². The van der Waals surface area contributed by atoms with Crippen LogP contribution in [0.4, 0.5) is 4.39 Å². The number of carbonyl (C=O) groups is 2. The Kier molecular flexibility index (Phi) is 5.67.